The molecule has 3 N–H and O–H groups in total. The number of piperazine rings is 1. The van der Waals surface area contributed by atoms with Crippen molar-refractivity contribution in [3.8, 4) is 0 Å². The van der Waals surface area contributed by atoms with Crippen molar-refractivity contribution in [1.82, 2.24) is 14.3 Å². The molecule has 2 aromatic rings. The molecule has 3 heterocycles. The van der Waals surface area contributed by atoms with Crippen LogP contribution in [0.25, 0.3) is 0 Å². The lowest BCUT2D eigenvalue weighted by atomic mass is 10.3. The maximum atomic E-state index is 11.0. The molecule has 0 aliphatic carbocycles. The molecule has 21 heavy (non-hydrogen) atoms. The number of nitrogen functional groups attached to an aromatic ring is 1. The second-order valence-corrected chi connectivity index (χ2v) is 5.33. The molecule has 1 aliphatic rings. The summed E-state index contributed by atoms with van der Waals surface area (Å²) >= 11 is 1.29. The van der Waals surface area contributed by atoms with Crippen molar-refractivity contribution >= 4 is 34.4 Å². The molecule has 110 valence electrons. The number of carbonyl (C=O) groups is 1. The molecule has 0 atom stereocenters. The average Bonchev–Trinajstić information content (AvgIpc) is 2.94. The van der Waals surface area contributed by atoms with E-state index in [1.807, 2.05) is 6.07 Å². The van der Waals surface area contributed by atoms with Crippen LogP contribution in [0.3, 0.4) is 0 Å². The van der Waals surface area contributed by atoms with Crippen LogP contribution < -0.4 is 15.5 Å². The van der Waals surface area contributed by atoms with Crippen molar-refractivity contribution in [3.63, 3.8) is 0 Å². The van der Waals surface area contributed by atoms with Crippen LogP contribution in [0.2, 0.25) is 0 Å². The summed E-state index contributed by atoms with van der Waals surface area (Å²) in [4.78, 5) is 23.5. The Kier molecular flexibility index (Phi) is 3.57. The highest BCUT2D eigenvalue weighted by Gasteiger charge is 2.21. The molecule has 0 amide bonds. The molecule has 0 saturated carbocycles. The summed E-state index contributed by atoms with van der Waals surface area (Å²) in [5.41, 5.74) is 5.60. The monoisotopic (exact) mass is 306 g/mol. The summed E-state index contributed by atoms with van der Waals surface area (Å²) in [6.07, 6.45) is 0. The number of anilines is 3. The highest BCUT2D eigenvalue weighted by Crippen LogP contribution is 2.21. The van der Waals surface area contributed by atoms with Gasteiger partial charge in [-0.15, -0.1) is 0 Å². The first-order valence-electron chi connectivity index (χ1n) is 6.43. The third-order valence-electron chi connectivity index (χ3n) is 3.26. The molecule has 0 spiro atoms. The zero-order valence-electron chi connectivity index (χ0n) is 11.1. The van der Waals surface area contributed by atoms with Crippen LogP contribution >= 0.6 is 11.5 Å². The number of hydrogen-bond acceptors (Lipinski definition) is 8. The largest absolute Gasteiger partial charge is 0.477 e. The summed E-state index contributed by atoms with van der Waals surface area (Å²) in [6.45, 7) is 3.03. The minimum atomic E-state index is -1.01. The summed E-state index contributed by atoms with van der Waals surface area (Å²) < 4.78 is 3.98. The van der Waals surface area contributed by atoms with Gasteiger partial charge in [-0.3, -0.25) is 0 Å². The SMILES string of the molecule is Nc1nsc(N2CCN(c3cccc(C(=O)O)n3)CC2)n1. The maximum Gasteiger partial charge on any atom is 0.354 e. The number of nitrogens with zero attached hydrogens (tertiary/aromatic N) is 5. The highest BCUT2D eigenvalue weighted by molar-refractivity contribution is 7.09. The van der Waals surface area contributed by atoms with Gasteiger partial charge in [-0.1, -0.05) is 6.07 Å². The lowest BCUT2D eigenvalue weighted by molar-refractivity contribution is 0.0690. The third kappa shape index (κ3) is 2.87. The molecule has 0 bridgehead atoms. The van der Waals surface area contributed by atoms with Gasteiger partial charge in [0.25, 0.3) is 0 Å². The van der Waals surface area contributed by atoms with Gasteiger partial charge in [0.2, 0.25) is 11.1 Å². The van der Waals surface area contributed by atoms with E-state index < -0.39 is 5.97 Å². The topological polar surface area (TPSA) is 108 Å². The van der Waals surface area contributed by atoms with Crippen molar-refractivity contribution in [2.24, 2.45) is 0 Å². The van der Waals surface area contributed by atoms with Crippen molar-refractivity contribution in [1.29, 1.82) is 0 Å². The zero-order valence-corrected chi connectivity index (χ0v) is 12.0. The molecule has 8 nitrogen and oxygen atoms in total. The quantitative estimate of drug-likeness (QED) is 0.846. The predicted molar refractivity (Wildman–Crippen MR) is 79.9 cm³/mol. The number of carboxylic acids is 1. The zero-order chi connectivity index (χ0) is 14.8. The molecule has 9 heteroatoms. The molecule has 0 aromatic carbocycles. The number of carboxylic acid groups (broad SMARTS) is 1. The van der Waals surface area contributed by atoms with Gasteiger partial charge in [0.05, 0.1) is 0 Å². The predicted octanol–water partition coefficient (Wildman–Crippen LogP) is 0.540. The first-order chi connectivity index (χ1) is 10.1. The van der Waals surface area contributed by atoms with Gasteiger partial charge in [-0.2, -0.15) is 9.36 Å². The molecular formula is C12H14N6O2S. The van der Waals surface area contributed by atoms with Gasteiger partial charge in [0.15, 0.2) is 5.69 Å². The number of hydrogen-bond donors (Lipinski definition) is 2. The van der Waals surface area contributed by atoms with Gasteiger partial charge in [0.1, 0.15) is 5.82 Å². The average molecular weight is 306 g/mol. The molecule has 0 unspecified atom stereocenters. The van der Waals surface area contributed by atoms with Gasteiger partial charge in [0, 0.05) is 37.7 Å². The smallest absolute Gasteiger partial charge is 0.354 e. The van der Waals surface area contributed by atoms with Crippen LogP contribution in [0.4, 0.5) is 16.9 Å². The van der Waals surface area contributed by atoms with E-state index in [1.165, 1.54) is 17.6 Å². The van der Waals surface area contributed by atoms with E-state index in [9.17, 15) is 4.79 Å². The van der Waals surface area contributed by atoms with E-state index in [4.69, 9.17) is 10.8 Å². The lowest BCUT2D eigenvalue weighted by Crippen LogP contribution is -2.46. The van der Waals surface area contributed by atoms with E-state index >= 15 is 0 Å². The standard InChI is InChI=1S/C12H14N6O2S/c13-11-15-12(21-16-11)18-6-4-17(5-7-18)9-3-1-2-8(14-9)10(19)20/h1-3H,4-7H2,(H2,13,16)(H,19,20). The van der Waals surface area contributed by atoms with E-state index in [2.05, 4.69) is 24.1 Å². The number of rotatable bonds is 3. The van der Waals surface area contributed by atoms with Gasteiger partial charge < -0.3 is 20.6 Å². The fourth-order valence-electron chi connectivity index (χ4n) is 2.20. The minimum Gasteiger partial charge on any atom is -0.477 e. The Morgan fingerprint density at radius 2 is 1.90 bits per heavy atom. The van der Waals surface area contributed by atoms with Gasteiger partial charge in [-0.25, -0.2) is 9.78 Å². The molecule has 1 fully saturated rings. The molecule has 0 radical (unpaired) electrons. The number of nitrogens with two attached hydrogens (primary N) is 1. The minimum absolute atomic E-state index is 0.0619. The van der Waals surface area contributed by atoms with Crippen molar-refractivity contribution in [2.75, 3.05) is 41.7 Å². The van der Waals surface area contributed by atoms with Gasteiger partial charge >= 0.3 is 5.97 Å². The Balaban J connectivity index is 1.68. The van der Waals surface area contributed by atoms with Crippen molar-refractivity contribution in [3.05, 3.63) is 23.9 Å². The summed E-state index contributed by atoms with van der Waals surface area (Å²) in [5, 5.41) is 9.80. The fraction of sp³-hybridized carbons (Fsp3) is 0.333. The third-order valence-corrected chi connectivity index (χ3v) is 4.05. The second-order valence-electron chi connectivity index (χ2n) is 4.60. The molecular weight excluding hydrogens is 292 g/mol. The summed E-state index contributed by atoms with van der Waals surface area (Å²) in [6, 6.07) is 5.03. The Labute approximate surface area is 125 Å². The number of aromatic nitrogens is 3. The molecule has 2 aromatic heterocycles. The molecule has 1 aliphatic heterocycles. The van der Waals surface area contributed by atoms with Crippen LogP contribution in [0.1, 0.15) is 10.5 Å². The van der Waals surface area contributed by atoms with Crippen LogP contribution in [-0.4, -0.2) is 51.6 Å². The Morgan fingerprint density at radius 3 is 2.52 bits per heavy atom. The van der Waals surface area contributed by atoms with E-state index in [0.29, 0.717) is 11.8 Å². The van der Waals surface area contributed by atoms with E-state index in [0.717, 1.165) is 31.3 Å². The van der Waals surface area contributed by atoms with Crippen molar-refractivity contribution < 1.29 is 9.90 Å². The number of aromatic carboxylic acids is 1. The maximum absolute atomic E-state index is 11.0. The Morgan fingerprint density at radius 1 is 1.19 bits per heavy atom. The summed E-state index contributed by atoms with van der Waals surface area (Å²) in [5.74, 6) is -0.0283. The normalized spacial score (nSPS) is 15.2. The highest BCUT2D eigenvalue weighted by atomic mass is 32.1. The molecule has 3 rings (SSSR count). The Hall–Kier alpha value is -2.42. The van der Waals surface area contributed by atoms with Crippen LogP contribution in [-0.2, 0) is 0 Å². The lowest BCUT2D eigenvalue weighted by Gasteiger charge is -2.35. The number of pyridine rings is 1. The van der Waals surface area contributed by atoms with E-state index in [1.54, 1.807) is 6.07 Å². The summed E-state index contributed by atoms with van der Waals surface area (Å²) in [7, 11) is 0. The Bertz CT molecular complexity index is 653. The molecule has 1 saturated heterocycles. The van der Waals surface area contributed by atoms with Crippen molar-refractivity contribution in [2.45, 2.75) is 0 Å². The van der Waals surface area contributed by atoms with Crippen LogP contribution in [0.15, 0.2) is 18.2 Å². The van der Waals surface area contributed by atoms with Gasteiger partial charge in [-0.05, 0) is 12.1 Å². The van der Waals surface area contributed by atoms with E-state index in [-0.39, 0.29) is 5.69 Å². The first kappa shape index (κ1) is 13.6. The fourth-order valence-corrected chi connectivity index (χ4v) is 2.85. The van der Waals surface area contributed by atoms with Crippen LogP contribution in [0, 0.1) is 0 Å². The van der Waals surface area contributed by atoms with Crippen LogP contribution in [0.5, 0.6) is 0 Å². The second kappa shape index (κ2) is 5.52. The first-order valence-corrected chi connectivity index (χ1v) is 7.20.